The SMILES string of the molecule is CN(C(=O)CN1C(=O)N[C@]2(CCc3ccccc32)C1=O)C(c1ccccc1)c1ccccc1. The lowest BCUT2D eigenvalue weighted by Gasteiger charge is -2.30. The summed E-state index contributed by atoms with van der Waals surface area (Å²) in [6.45, 7) is -0.304. The molecule has 0 radical (unpaired) electrons. The molecule has 4 amide bonds. The van der Waals surface area contributed by atoms with E-state index in [1.807, 2.05) is 84.9 Å². The Bertz CT molecular complexity index is 1170. The van der Waals surface area contributed by atoms with E-state index in [9.17, 15) is 14.4 Å². The molecule has 0 aromatic heterocycles. The van der Waals surface area contributed by atoms with Crippen LogP contribution in [0.5, 0.6) is 0 Å². The van der Waals surface area contributed by atoms with E-state index in [2.05, 4.69) is 5.32 Å². The van der Waals surface area contributed by atoms with Gasteiger partial charge < -0.3 is 10.2 Å². The Balaban J connectivity index is 1.41. The van der Waals surface area contributed by atoms with E-state index >= 15 is 0 Å². The molecule has 1 atom stereocenters. The standard InChI is InChI=1S/C27H25N3O3/c1-29(24(20-11-4-2-5-12-20)21-13-6-3-7-14-21)23(31)18-30-25(32)27(28-26(30)33)17-16-19-10-8-9-15-22(19)27/h2-15,24H,16-18H2,1H3,(H,28,33)/t27-/m0/s1. The molecule has 1 aliphatic heterocycles. The highest BCUT2D eigenvalue weighted by atomic mass is 16.2. The lowest BCUT2D eigenvalue weighted by molar-refractivity contribution is -0.139. The van der Waals surface area contributed by atoms with E-state index in [1.165, 1.54) is 0 Å². The number of likely N-dealkylation sites (N-methyl/N-ethyl adjacent to an activating group) is 1. The third-order valence-corrected chi connectivity index (χ3v) is 6.73. The van der Waals surface area contributed by atoms with Crippen LogP contribution in [0.1, 0.15) is 34.7 Å². The molecule has 1 saturated heterocycles. The molecular weight excluding hydrogens is 414 g/mol. The number of nitrogens with one attached hydrogen (secondary N) is 1. The summed E-state index contributed by atoms with van der Waals surface area (Å²) in [5.74, 6) is -0.658. The largest absolute Gasteiger partial charge is 0.333 e. The third-order valence-electron chi connectivity index (χ3n) is 6.73. The normalized spacial score (nSPS) is 19.2. The van der Waals surface area contributed by atoms with E-state index < -0.39 is 11.6 Å². The first-order chi connectivity index (χ1) is 16.0. The number of benzene rings is 3. The maximum absolute atomic E-state index is 13.4. The second kappa shape index (κ2) is 8.20. The molecule has 1 heterocycles. The smallest absolute Gasteiger partial charge is 0.325 e. The zero-order valence-electron chi connectivity index (χ0n) is 18.4. The van der Waals surface area contributed by atoms with Crippen LogP contribution in [0.25, 0.3) is 0 Å². The van der Waals surface area contributed by atoms with Gasteiger partial charge in [-0.3, -0.25) is 14.5 Å². The molecular formula is C27H25N3O3. The van der Waals surface area contributed by atoms with Gasteiger partial charge in [0.05, 0.1) is 6.04 Å². The second-order valence-corrected chi connectivity index (χ2v) is 8.61. The molecule has 0 saturated carbocycles. The van der Waals surface area contributed by atoms with Crippen molar-refractivity contribution < 1.29 is 14.4 Å². The minimum Gasteiger partial charge on any atom is -0.333 e. The van der Waals surface area contributed by atoms with Crippen molar-refractivity contribution in [3.63, 3.8) is 0 Å². The molecule has 2 aliphatic rings. The Hall–Kier alpha value is -3.93. The fraction of sp³-hybridized carbons (Fsp3) is 0.222. The van der Waals surface area contributed by atoms with Crippen LogP contribution in [0.2, 0.25) is 0 Å². The lowest BCUT2D eigenvalue weighted by Crippen LogP contribution is -2.45. The fourth-order valence-electron chi connectivity index (χ4n) is 5.03. The molecule has 6 nitrogen and oxygen atoms in total. The predicted octanol–water partition coefficient (Wildman–Crippen LogP) is 3.63. The van der Waals surface area contributed by atoms with Gasteiger partial charge in [-0.15, -0.1) is 0 Å². The number of hydrogen-bond donors (Lipinski definition) is 1. The van der Waals surface area contributed by atoms with Crippen LogP contribution in [0.15, 0.2) is 84.9 Å². The number of imide groups is 1. The van der Waals surface area contributed by atoms with Gasteiger partial charge in [0.25, 0.3) is 5.91 Å². The average molecular weight is 440 g/mol. The van der Waals surface area contributed by atoms with Gasteiger partial charge >= 0.3 is 6.03 Å². The molecule has 5 rings (SSSR count). The van der Waals surface area contributed by atoms with Gasteiger partial charge in [-0.1, -0.05) is 84.9 Å². The maximum Gasteiger partial charge on any atom is 0.325 e. The summed E-state index contributed by atoms with van der Waals surface area (Å²) < 4.78 is 0. The van der Waals surface area contributed by atoms with Crippen LogP contribution in [0, 0.1) is 0 Å². The predicted molar refractivity (Wildman–Crippen MR) is 124 cm³/mol. The number of aryl methyl sites for hydroxylation is 1. The molecule has 1 aliphatic carbocycles. The van der Waals surface area contributed by atoms with Gasteiger partial charge in [-0.05, 0) is 35.1 Å². The Morgan fingerprint density at radius 3 is 2.15 bits per heavy atom. The van der Waals surface area contributed by atoms with E-state index in [0.29, 0.717) is 12.8 Å². The van der Waals surface area contributed by atoms with Gasteiger partial charge in [0.2, 0.25) is 5.91 Å². The number of fused-ring (bicyclic) bond motifs is 2. The molecule has 1 spiro atoms. The zero-order chi connectivity index (χ0) is 23.0. The maximum atomic E-state index is 13.4. The minimum absolute atomic E-state index is 0.304. The van der Waals surface area contributed by atoms with Crippen molar-refractivity contribution in [3.8, 4) is 0 Å². The molecule has 166 valence electrons. The first-order valence-electron chi connectivity index (χ1n) is 11.1. The number of carbonyl (C=O) groups excluding carboxylic acids is 3. The van der Waals surface area contributed by atoms with E-state index in [0.717, 1.165) is 27.2 Å². The lowest BCUT2D eigenvalue weighted by atomic mass is 9.92. The first-order valence-corrected chi connectivity index (χ1v) is 11.1. The minimum atomic E-state index is -1.06. The quantitative estimate of drug-likeness (QED) is 0.618. The van der Waals surface area contributed by atoms with Gasteiger partial charge in [-0.25, -0.2) is 4.79 Å². The molecule has 1 fully saturated rings. The van der Waals surface area contributed by atoms with Crippen molar-refractivity contribution >= 4 is 17.8 Å². The summed E-state index contributed by atoms with van der Waals surface area (Å²) in [6.07, 6.45) is 1.22. The van der Waals surface area contributed by atoms with Crippen LogP contribution in [0.3, 0.4) is 0 Å². The van der Waals surface area contributed by atoms with Gasteiger partial charge in [-0.2, -0.15) is 0 Å². The Kier molecular flexibility index (Phi) is 5.21. The van der Waals surface area contributed by atoms with E-state index in [4.69, 9.17) is 0 Å². The highest BCUT2D eigenvalue weighted by Gasteiger charge is 2.55. The number of carbonyl (C=O) groups is 3. The van der Waals surface area contributed by atoms with Crippen molar-refractivity contribution in [1.82, 2.24) is 15.1 Å². The number of amides is 4. The monoisotopic (exact) mass is 439 g/mol. The third kappa shape index (κ3) is 3.48. The highest BCUT2D eigenvalue weighted by Crippen LogP contribution is 2.41. The number of rotatable bonds is 5. The summed E-state index contributed by atoms with van der Waals surface area (Å²) in [7, 11) is 1.71. The zero-order valence-corrected chi connectivity index (χ0v) is 18.4. The van der Waals surface area contributed by atoms with Crippen LogP contribution >= 0.6 is 0 Å². The first kappa shape index (κ1) is 20.9. The number of nitrogens with zero attached hydrogens (tertiary/aromatic N) is 2. The van der Waals surface area contributed by atoms with Crippen LogP contribution in [-0.2, 0) is 21.5 Å². The summed E-state index contributed by atoms with van der Waals surface area (Å²) in [5, 5.41) is 2.89. The number of urea groups is 1. The Morgan fingerprint density at radius 2 is 1.52 bits per heavy atom. The topological polar surface area (TPSA) is 69.7 Å². The van der Waals surface area contributed by atoms with Crippen molar-refractivity contribution in [2.45, 2.75) is 24.4 Å². The van der Waals surface area contributed by atoms with Crippen molar-refractivity contribution in [3.05, 3.63) is 107 Å². The van der Waals surface area contributed by atoms with Crippen molar-refractivity contribution in [2.75, 3.05) is 13.6 Å². The summed E-state index contributed by atoms with van der Waals surface area (Å²) in [5.41, 5.74) is 2.74. The summed E-state index contributed by atoms with van der Waals surface area (Å²) >= 11 is 0. The summed E-state index contributed by atoms with van der Waals surface area (Å²) in [4.78, 5) is 42.3. The van der Waals surface area contributed by atoms with Crippen LogP contribution < -0.4 is 5.32 Å². The highest BCUT2D eigenvalue weighted by molar-refractivity contribution is 6.10. The molecule has 0 unspecified atom stereocenters. The van der Waals surface area contributed by atoms with Crippen molar-refractivity contribution in [1.29, 1.82) is 0 Å². The Morgan fingerprint density at radius 1 is 0.939 bits per heavy atom. The molecule has 33 heavy (non-hydrogen) atoms. The van der Waals surface area contributed by atoms with Gasteiger partial charge in [0.15, 0.2) is 0 Å². The second-order valence-electron chi connectivity index (χ2n) is 8.61. The summed E-state index contributed by atoms with van der Waals surface area (Å²) in [6, 6.07) is 26.3. The van der Waals surface area contributed by atoms with Gasteiger partial charge in [0.1, 0.15) is 12.1 Å². The van der Waals surface area contributed by atoms with Crippen LogP contribution in [-0.4, -0.2) is 41.2 Å². The fourth-order valence-corrected chi connectivity index (χ4v) is 5.03. The van der Waals surface area contributed by atoms with E-state index in [-0.39, 0.29) is 24.4 Å². The molecule has 0 bridgehead atoms. The Labute approximate surface area is 192 Å². The molecule has 3 aromatic rings. The molecule has 6 heteroatoms. The van der Waals surface area contributed by atoms with Gasteiger partial charge in [0, 0.05) is 7.05 Å². The van der Waals surface area contributed by atoms with E-state index in [1.54, 1.807) is 11.9 Å². The van der Waals surface area contributed by atoms with Crippen molar-refractivity contribution in [2.24, 2.45) is 0 Å². The van der Waals surface area contributed by atoms with Crippen LogP contribution in [0.4, 0.5) is 4.79 Å². The molecule has 1 N–H and O–H groups in total. The molecule has 3 aromatic carbocycles. The number of hydrogen-bond acceptors (Lipinski definition) is 3. The average Bonchev–Trinajstić information content (AvgIpc) is 3.33.